The Balaban J connectivity index is 1.93. The van der Waals surface area contributed by atoms with E-state index in [1.54, 1.807) is 26.0 Å². The summed E-state index contributed by atoms with van der Waals surface area (Å²) in [7, 11) is -2.23. The van der Waals surface area contributed by atoms with Crippen molar-refractivity contribution in [3.05, 3.63) is 47.5 Å². The molecule has 1 fully saturated rings. The maximum atomic E-state index is 13.1. The molecule has 2 amide bonds. The Kier molecular flexibility index (Phi) is 6.90. The minimum absolute atomic E-state index is 0.0394. The van der Waals surface area contributed by atoms with Crippen LogP contribution < -0.4 is 15.0 Å². The predicted octanol–water partition coefficient (Wildman–Crippen LogP) is 3.09. The summed E-state index contributed by atoms with van der Waals surface area (Å²) in [5, 5.41) is 3.04. The lowest BCUT2D eigenvalue weighted by Gasteiger charge is -2.21. The lowest BCUT2D eigenvalue weighted by molar-refractivity contribution is -0.121. The monoisotopic (exact) mass is 459 g/mol. The highest BCUT2D eigenvalue weighted by Crippen LogP contribution is 2.33. The highest BCUT2D eigenvalue weighted by atomic mass is 32.2. The molecule has 0 aromatic heterocycles. The quantitative estimate of drug-likeness (QED) is 0.610. The number of benzene rings is 2. The molecule has 32 heavy (non-hydrogen) atoms. The number of methoxy groups -OCH3 is 1. The maximum absolute atomic E-state index is 13.1. The van der Waals surface area contributed by atoms with Gasteiger partial charge < -0.3 is 10.1 Å². The van der Waals surface area contributed by atoms with Gasteiger partial charge in [0.1, 0.15) is 11.8 Å². The first-order valence-corrected chi connectivity index (χ1v) is 12.0. The van der Waals surface area contributed by atoms with Gasteiger partial charge in [0.2, 0.25) is 15.9 Å². The topological polar surface area (TPSA) is 96.0 Å². The van der Waals surface area contributed by atoms with Crippen LogP contribution in [-0.2, 0) is 19.6 Å². The van der Waals surface area contributed by atoms with Crippen LogP contribution in [0.25, 0.3) is 0 Å². The van der Waals surface area contributed by atoms with E-state index in [9.17, 15) is 18.0 Å². The number of ether oxygens (including phenoxy) is 1. The Hall–Kier alpha value is -2.91. The van der Waals surface area contributed by atoms with Gasteiger partial charge in [-0.15, -0.1) is 0 Å². The third-order valence-corrected chi connectivity index (χ3v) is 7.63. The van der Waals surface area contributed by atoms with Crippen LogP contribution in [0.2, 0.25) is 0 Å². The van der Waals surface area contributed by atoms with Crippen LogP contribution in [0.15, 0.2) is 41.3 Å². The third kappa shape index (κ3) is 4.35. The Morgan fingerprint density at radius 2 is 1.78 bits per heavy atom. The Bertz CT molecular complexity index is 1140. The standard InChI is InChI=1S/C23H29N3O5S/c1-6-25(7-2)32(29,30)17-9-11-21(31-5)18(13-17)24-19-14-22(27)26(23(19)28)20-10-8-15(3)12-16(20)4/h8-13,19,24H,6-7,14H2,1-5H3/t19-/m0/s1. The molecule has 0 aliphatic carbocycles. The summed E-state index contributed by atoms with van der Waals surface area (Å²) in [5.41, 5.74) is 2.77. The van der Waals surface area contributed by atoms with Crippen LogP contribution in [0.3, 0.4) is 0 Å². The summed E-state index contributed by atoms with van der Waals surface area (Å²) in [4.78, 5) is 27.1. The molecule has 1 N–H and O–H groups in total. The van der Waals surface area contributed by atoms with Gasteiger partial charge in [0.25, 0.3) is 5.91 Å². The van der Waals surface area contributed by atoms with E-state index < -0.39 is 16.1 Å². The molecule has 8 nitrogen and oxygen atoms in total. The van der Waals surface area contributed by atoms with Crippen LogP contribution in [0.4, 0.5) is 11.4 Å². The van der Waals surface area contributed by atoms with Gasteiger partial charge in [-0.1, -0.05) is 31.5 Å². The van der Waals surface area contributed by atoms with Crippen LogP contribution in [0.1, 0.15) is 31.4 Å². The lowest BCUT2D eigenvalue weighted by atomic mass is 10.1. The fourth-order valence-electron chi connectivity index (χ4n) is 3.91. The molecule has 3 rings (SSSR count). The number of anilines is 2. The second-order valence-electron chi connectivity index (χ2n) is 7.71. The first kappa shape index (κ1) is 23.7. The van der Waals surface area contributed by atoms with E-state index in [0.717, 1.165) is 11.1 Å². The molecule has 1 aliphatic heterocycles. The molecule has 1 saturated heterocycles. The van der Waals surface area contributed by atoms with Crippen molar-refractivity contribution < 1.29 is 22.7 Å². The average Bonchev–Trinajstić information content (AvgIpc) is 3.02. The molecule has 9 heteroatoms. The van der Waals surface area contributed by atoms with Crippen molar-refractivity contribution in [1.29, 1.82) is 0 Å². The lowest BCUT2D eigenvalue weighted by Crippen LogP contribution is -2.35. The van der Waals surface area contributed by atoms with Gasteiger partial charge >= 0.3 is 0 Å². The van der Waals surface area contributed by atoms with Gasteiger partial charge in [-0.05, 0) is 43.7 Å². The molecule has 0 saturated carbocycles. The second-order valence-corrected chi connectivity index (χ2v) is 9.65. The van der Waals surface area contributed by atoms with Crippen molar-refractivity contribution in [2.24, 2.45) is 0 Å². The van der Waals surface area contributed by atoms with Gasteiger partial charge in [-0.25, -0.2) is 13.3 Å². The van der Waals surface area contributed by atoms with Gasteiger partial charge in [-0.2, -0.15) is 4.31 Å². The third-order valence-electron chi connectivity index (χ3n) is 5.58. The van der Waals surface area contributed by atoms with Gasteiger partial charge in [0.05, 0.1) is 29.8 Å². The highest BCUT2D eigenvalue weighted by Gasteiger charge is 2.40. The molecular formula is C23H29N3O5S. The normalized spacial score (nSPS) is 16.7. The molecule has 0 radical (unpaired) electrons. The number of nitrogens with zero attached hydrogens (tertiary/aromatic N) is 2. The number of amides is 2. The van der Waals surface area contributed by atoms with E-state index in [2.05, 4.69) is 5.32 Å². The van der Waals surface area contributed by atoms with Crippen molar-refractivity contribution >= 4 is 33.2 Å². The number of sulfonamides is 1. The van der Waals surface area contributed by atoms with E-state index in [0.29, 0.717) is 30.2 Å². The zero-order chi connectivity index (χ0) is 23.6. The summed E-state index contributed by atoms with van der Waals surface area (Å²) < 4.78 is 32.6. The number of nitrogens with one attached hydrogen (secondary N) is 1. The van der Waals surface area contributed by atoms with E-state index in [1.165, 1.54) is 28.4 Å². The Labute approximate surface area is 189 Å². The first-order chi connectivity index (χ1) is 15.1. The summed E-state index contributed by atoms with van der Waals surface area (Å²) in [5.74, 6) is -0.319. The van der Waals surface area contributed by atoms with E-state index in [1.807, 2.05) is 26.0 Å². The fraction of sp³-hybridized carbons (Fsp3) is 0.391. The number of imide groups is 1. The van der Waals surface area contributed by atoms with Crippen molar-refractivity contribution in [3.8, 4) is 5.75 Å². The smallest absolute Gasteiger partial charge is 0.256 e. The maximum Gasteiger partial charge on any atom is 0.256 e. The average molecular weight is 460 g/mol. The van der Waals surface area contributed by atoms with Gasteiger partial charge in [0, 0.05) is 13.1 Å². The van der Waals surface area contributed by atoms with E-state index in [4.69, 9.17) is 4.74 Å². The second kappa shape index (κ2) is 9.30. The van der Waals surface area contributed by atoms with E-state index >= 15 is 0 Å². The van der Waals surface area contributed by atoms with Crippen LogP contribution in [-0.4, -0.2) is 50.8 Å². The number of hydrogen-bond acceptors (Lipinski definition) is 6. The van der Waals surface area contributed by atoms with Crippen molar-refractivity contribution in [1.82, 2.24) is 4.31 Å². The number of carbonyl (C=O) groups excluding carboxylic acids is 2. The van der Waals surface area contributed by atoms with Gasteiger partial charge in [-0.3, -0.25) is 9.59 Å². The largest absolute Gasteiger partial charge is 0.495 e. The predicted molar refractivity (Wildman–Crippen MR) is 124 cm³/mol. The highest BCUT2D eigenvalue weighted by molar-refractivity contribution is 7.89. The molecule has 172 valence electrons. The van der Waals surface area contributed by atoms with E-state index in [-0.39, 0.29) is 23.1 Å². The molecule has 0 unspecified atom stereocenters. The summed E-state index contributed by atoms with van der Waals surface area (Å²) in [6.45, 7) is 8.03. The molecule has 1 heterocycles. The first-order valence-electron chi connectivity index (χ1n) is 10.5. The molecular weight excluding hydrogens is 430 g/mol. The van der Waals surface area contributed by atoms with Crippen LogP contribution >= 0.6 is 0 Å². The Morgan fingerprint density at radius 1 is 1.09 bits per heavy atom. The van der Waals surface area contributed by atoms with Gasteiger partial charge in [0.15, 0.2) is 0 Å². The zero-order valence-electron chi connectivity index (χ0n) is 19.0. The van der Waals surface area contributed by atoms with Crippen LogP contribution in [0.5, 0.6) is 5.75 Å². The summed E-state index contributed by atoms with van der Waals surface area (Å²) in [6, 6.07) is 9.17. The molecule has 2 aromatic rings. The van der Waals surface area contributed by atoms with Crippen LogP contribution in [0, 0.1) is 13.8 Å². The molecule has 1 aliphatic rings. The molecule has 2 aromatic carbocycles. The SMILES string of the molecule is CCN(CC)S(=O)(=O)c1ccc(OC)c(N[C@H]2CC(=O)N(c3ccc(C)cc3C)C2=O)c1. The zero-order valence-corrected chi connectivity index (χ0v) is 19.8. The van der Waals surface area contributed by atoms with Crippen molar-refractivity contribution in [3.63, 3.8) is 0 Å². The molecule has 0 bridgehead atoms. The summed E-state index contributed by atoms with van der Waals surface area (Å²) >= 11 is 0. The number of carbonyl (C=O) groups is 2. The Morgan fingerprint density at radius 3 is 2.38 bits per heavy atom. The number of hydrogen-bond donors (Lipinski definition) is 1. The molecule has 0 spiro atoms. The minimum atomic E-state index is -3.69. The van der Waals surface area contributed by atoms with Crippen molar-refractivity contribution in [2.75, 3.05) is 30.4 Å². The number of aryl methyl sites for hydroxylation is 2. The fourth-order valence-corrected chi connectivity index (χ4v) is 5.40. The molecule has 1 atom stereocenters. The summed E-state index contributed by atoms with van der Waals surface area (Å²) in [6.07, 6.45) is -0.0394. The minimum Gasteiger partial charge on any atom is -0.495 e. The number of rotatable bonds is 8. The van der Waals surface area contributed by atoms with Crippen molar-refractivity contribution in [2.45, 2.75) is 45.1 Å².